The number of benzene rings is 9. The first-order valence-corrected chi connectivity index (χ1v) is 20.9. The Hall–Kier alpha value is -6.74. The highest BCUT2D eigenvalue weighted by molar-refractivity contribution is 7.20. The van der Waals surface area contributed by atoms with Gasteiger partial charge in [0.1, 0.15) is 11.2 Å². The van der Waals surface area contributed by atoms with Crippen LogP contribution in [0.5, 0.6) is 0 Å². The van der Waals surface area contributed by atoms with Gasteiger partial charge in [0.2, 0.25) is 0 Å². The number of aryl methyl sites for hydroxylation is 1. The maximum Gasteiger partial charge on any atom is 0.136 e. The van der Waals surface area contributed by atoms with Gasteiger partial charge >= 0.3 is 0 Å². The lowest BCUT2D eigenvalue weighted by molar-refractivity contribution is 0.660. The first-order chi connectivity index (χ1) is 28.3. The van der Waals surface area contributed by atoms with E-state index in [1.807, 2.05) is 17.4 Å². The molecule has 0 unspecified atom stereocenters. The average molecular weight is 759 g/mol. The Labute approximate surface area is 340 Å². The molecule has 9 aromatic carbocycles. The van der Waals surface area contributed by atoms with Crippen molar-refractivity contribution < 1.29 is 4.42 Å². The van der Waals surface area contributed by atoms with Crippen LogP contribution in [0.3, 0.4) is 0 Å². The van der Waals surface area contributed by atoms with Crippen molar-refractivity contribution >= 4 is 98.1 Å². The number of fused-ring (bicyclic) bond motifs is 15. The molecule has 2 heterocycles. The molecule has 0 atom stereocenters. The maximum atomic E-state index is 6.33. The highest BCUT2D eigenvalue weighted by Gasteiger charge is 2.36. The van der Waals surface area contributed by atoms with Crippen molar-refractivity contribution in [3.05, 3.63) is 191 Å². The van der Waals surface area contributed by atoms with E-state index in [2.05, 4.69) is 185 Å². The molecule has 2 aromatic heterocycles. The molecule has 0 N–H and O–H groups in total. The molecule has 1 aliphatic rings. The molecule has 2 heteroatoms. The number of rotatable bonds is 4. The van der Waals surface area contributed by atoms with Crippen LogP contribution < -0.4 is 0 Å². The number of thiophene rings is 1. The highest BCUT2D eigenvalue weighted by atomic mass is 32.1. The van der Waals surface area contributed by atoms with E-state index in [0.717, 1.165) is 27.5 Å². The summed E-state index contributed by atoms with van der Waals surface area (Å²) in [6.07, 6.45) is 4.46. The molecule has 1 nitrogen and oxygen atoms in total. The minimum absolute atomic E-state index is 0.0806. The number of para-hydroxylation sites is 1. The minimum atomic E-state index is -0.0806. The molecule has 0 fully saturated rings. The summed E-state index contributed by atoms with van der Waals surface area (Å²) in [7, 11) is 0. The lowest BCUT2D eigenvalue weighted by Gasteiger charge is -2.22. The zero-order valence-corrected chi connectivity index (χ0v) is 33.4. The van der Waals surface area contributed by atoms with Crippen LogP contribution in [0.25, 0.3) is 109 Å². The summed E-state index contributed by atoms with van der Waals surface area (Å²) in [6, 6.07) is 55.9. The fraction of sp³-hybridized carbons (Fsp3) is 0.0714. The van der Waals surface area contributed by atoms with Gasteiger partial charge < -0.3 is 4.42 Å². The molecule has 0 spiro atoms. The Morgan fingerprint density at radius 1 is 0.552 bits per heavy atom. The lowest BCUT2D eigenvalue weighted by atomic mass is 9.81. The van der Waals surface area contributed by atoms with Crippen LogP contribution in [0.4, 0.5) is 0 Å². The Morgan fingerprint density at radius 3 is 2.05 bits per heavy atom. The van der Waals surface area contributed by atoms with Crippen molar-refractivity contribution in [3.8, 4) is 22.3 Å². The van der Waals surface area contributed by atoms with Crippen LogP contribution >= 0.6 is 11.3 Å². The van der Waals surface area contributed by atoms with E-state index < -0.39 is 0 Å². The van der Waals surface area contributed by atoms with E-state index >= 15 is 0 Å². The van der Waals surface area contributed by atoms with Gasteiger partial charge in [0.15, 0.2) is 0 Å². The van der Waals surface area contributed by atoms with Crippen LogP contribution in [0, 0.1) is 6.92 Å². The van der Waals surface area contributed by atoms with Crippen molar-refractivity contribution in [3.63, 3.8) is 0 Å². The quantitative estimate of drug-likeness (QED) is 0.129. The summed E-state index contributed by atoms with van der Waals surface area (Å²) >= 11 is 1.85. The van der Waals surface area contributed by atoms with Gasteiger partial charge in [-0.15, -0.1) is 11.3 Å². The maximum absolute atomic E-state index is 6.33. The molecule has 0 aliphatic heterocycles. The number of hydrogen-bond acceptors (Lipinski definition) is 2. The molecule has 0 radical (unpaired) electrons. The van der Waals surface area contributed by atoms with E-state index in [-0.39, 0.29) is 5.41 Å². The third-order valence-electron chi connectivity index (χ3n) is 13.0. The van der Waals surface area contributed by atoms with Gasteiger partial charge in [-0.25, -0.2) is 0 Å². The van der Waals surface area contributed by atoms with Gasteiger partial charge in [-0.1, -0.05) is 136 Å². The second-order valence-corrected chi connectivity index (χ2v) is 17.6. The second kappa shape index (κ2) is 12.1. The van der Waals surface area contributed by atoms with Crippen molar-refractivity contribution in [2.45, 2.75) is 26.2 Å². The third-order valence-corrected chi connectivity index (χ3v) is 14.2. The summed E-state index contributed by atoms with van der Waals surface area (Å²) in [5.74, 6) is 0. The molecule has 0 bridgehead atoms. The van der Waals surface area contributed by atoms with Crippen LogP contribution in [0.2, 0.25) is 0 Å². The monoisotopic (exact) mass is 758 g/mol. The van der Waals surface area contributed by atoms with Gasteiger partial charge in [0.25, 0.3) is 0 Å². The Balaban J connectivity index is 0.899. The fourth-order valence-electron chi connectivity index (χ4n) is 9.91. The highest BCUT2D eigenvalue weighted by Crippen LogP contribution is 2.52. The zero-order chi connectivity index (χ0) is 38.9. The zero-order valence-electron chi connectivity index (χ0n) is 32.6. The van der Waals surface area contributed by atoms with Gasteiger partial charge in [-0.2, -0.15) is 0 Å². The first kappa shape index (κ1) is 33.4. The van der Waals surface area contributed by atoms with E-state index in [1.54, 1.807) is 0 Å². The van der Waals surface area contributed by atoms with Crippen LogP contribution in [0.1, 0.15) is 41.0 Å². The summed E-state index contributed by atoms with van der Waals surface area (Å²) < 4.78 is 7.62. The molecular formula is C56H38OS. The van der Waals surface area contributed by atoms with E-state index in [1.165, 1.54) is 103 Å². The predicted octanol–water partition coefficient (Wildman–Crippen LogP) is 16.4. The smallest absolute Gasteiger partial charge is 0.136 e. The van der Waals surface area contributed by atoms with Crippen LogP contribution in [-0.4, -0.2) is 0 Å². The van der Waals surface area contributed by atoms with Gasteiger partial charge in [0.05, 0.1) is 0 Å². The predicted molar refractivity (Wildman–Crippen MR) is 251 cm³/mol. The molecule has 12 rings (SSSR count). The summed E-state index contributed by atoms with van der Waals surface area (Å²) in [4.78, 5) is 1.27. The van der Waals surface area contributed by atoms with Crippen molar-refractivity contribution in [2.75, 3.05) is 0 Å². The summed E-state index contributed by atoms with van der Waals surface area (Å²) in [5, 5.41) is 13.7. The lowest BCUT2D eigenvalue weighted by Crippen LogP contribution is -2.15. The second-order valence-electron chi connectivity index (χ2n) is 16.6. The Morgan fingerprint density at radius 2 is 1.22 bits per heavy atom. The molecule has 58 heavy (non-hydrogen) atoms. The van der Waals surface area contributed by atoms with Crippen LogP contribution in [-0.2, 0) is 5.41 Å². The number of hydrogen-bond donors (Lipinski definition) is 0. The molecule has 11 aromatic rings. The standard InChI is InChI=1S/C56H38OS/c1-32(35-18-23-43-50(29-35)56(3,4)49-24-20-34-11-5-6-12-38(34)55(43)49)17-25-53-33(2)44-27-37(21-26-54(44)58-53)36-19-22-41-45(28-36)39-13-7-8-14-40(39)47-31-52-48(30-46(41)47)42-15-9-10-16-51(42)57-52/h5-31H,1H2,2-4H3/b25-17-. The molecule has 0 amide bonds. The summed E-state index contributed by atoms with van der Waals surface area (Å²) in [6.45, 7) is 11.5. The fourth-order valence-corrected chi connectivity index (χ4v) is 11.0. The van der Waals surface area contributed by atoms with E-state index in [4.69, 9.17) is 4.42 Å². The van der Waals surface area contributed by atoms with Crippen molar-refractivity contribution in [2.24, 2.45) is 0 Å². The molecule has 0 saturated heterocycles. The Kier molecular flexibility index (Phi) is 6.99. The molecule has 274 valence electrons. The van der Waals surface area contributed by atoms with E-state index in [9.17, 15) is 0 Å². The van der Waals surface area contributed by atoms with Gasteiger partial charge in [0, 0.05) is 25.8 Å². The topological polar surface area (TPSA) is 13.1 Å². The van der Waals surface area contributed by atoms with E-state index in [0.29, 0.717) is 0 Å². The van der Waals surface area contributed by atoms with Crippen molar-refractivity contribution in [1.29, 1.82) is 0 Å². The third kappa shape index (κ3) is 4.76. The molecule has 1 aliphatic carbocycles. The minimum Gasteiger partial charge on any atom is -0.456 e. The number of allylic oxidation sites excluding steroid dienone is 2. The Bertz CT molecular complexity index is 3620. The van der Waals surface area contributed by atoms with Crippen LogP contribution in [0.15, 0.2) is 169 Å². The normalized spacial score (nSPS) is 13.6. The SMILES string of the molecule is C=C(/C=C\c1sc2ccc(-c3ccc4c(c3)c3ccccc3c3cc5oc6ccccc6c5cc43)cc2c1C)c1ccc2c(c1)C(C)(C)c1ccc3ccccc3c1-2. The van der Waals surface area contributed by atoms with Gasteiger partial charge in [-0.3, -0.25) is 0 Å². The average Bonchev–Trinajstić information content (AvgIpc) is 3.87. The number of furan rings is 1. The summed E-state index contributed by atoms with van der Waals surface area (Å²) in [5.41, 5.74) is 13.2. The first-order valence-electron chi connectivity index (χ1n) is 20.1. The van der Waals surface area contributed by atoms with Gasteiger partial charge in [-0.05, 0) is 154 Å². The largest absolute Gasteiger partial charge is 0.456 e. The molecular weight excluding hydrogens is 721 g/mol. The van der Waals surface area contributed by atoms with Crippen molar-refractivity contribution in [1.82, 2.24) is 0 Å². The molecule has 0 saturated carbocycles.